The molecule has 2 atom stereocenters. The lowest BCUT2D eigenvalue weighted by Gasteiger charge is -2.29. The molecule has 2 rings (SSSR count). The number of para-hydroxylation sites is 1. The van der Waals surface area contributed by atoms with Gasteiger partial charge in [-0.05, 0) is 24.0 Å². The van der Waals surface area contributed by atoms with Gasteiger partial charge in [0.05, 0.1) is 11.3 Å². The molecule has 21 heavy (non-hydrogen) atoms. The van der Waals surface area contributed by atoms with Crippen LogP contribution in [0.2, 0.25) is 0 Å². The van der Waals surface area contributed by atoms with Crippen LogP contribution in [-0.4, -0.2) is 24.4 Å². The van der Waals surface area contributed by atoms with E-state index in [1.807, 2.05) is 32.0 Å². The minimum absolute atomic E-state index is 0.00338. The van der Waals surface area contributed by atoms with Crippen LogP contribution < -0.4 is 10.2 Å². The maximum Gasteiger partial charge on any atom is 0.254 e. The molecule has 1 aliphatic heterocycles. The van der Waals surface area contributed by atoms with Gasteiger partial charge in [-0.3, -0.25) is 9.59 Å². The molecule has 1 aliphatic rings. The summed E-state index contributed by atoms with van der Waals surface area (Å²) in [7, 11) is 0. The summed E-state index contributed by atoms with van der Waals surface area (Å²) in [6.07, 6.45) is 0.850. The summed E-state index contributed by atoms with van der Waals surface area (Å²) in [5, 5.41) is 2.91. The second-order valence-corrected chi connectivity index (χ2v) is 6.20. The standard InChI is InChI=1S/C17H24N2O2/c1-5-12(4)15-17(21)19(10-11(2)3)14-9-7-6-8-13(14)16(20)18-15/h6-9,11-12,15H,5,10H2,1-4H3,(H,18,20). The van der Waals surface area contributed by atoms with Crippen LogP contribution in [0.1, 0.15) is 44.5 Å². The average molecular weight is 288 g/mol. The van der Waals surface area contributed by atoms with E-state index in [-0.39, 0.29) is 17.7 Å². The van der Waals surface area contributed by atoms with Gasteiger partial charge in [0.1, 0.15) is 6.04 Å². The maximum atomic E-state index is 12.9. The van der Waals surface area contributed by atoms with Crippen molar-refractivity contribution in [1.82, 2.24) is 5.32 Å². The summed E-state index contributed by atoms with van der Waals surface area (Å²) in [6, 6.07) is 6.89. The Balaban J connectivity index is 2.48. The van der Waals surface area contributed by atoms with Gasteiger partial charge < -0.3 is 10.2 Å². The molecule has 0 saturated carbocycles. The Morgan fingerprint density at radius 2 is 1.86 bits per heavy atom. The highest BCUT2D eigenvalue weighted by Crippen LogP contribution is 2.27. The number of rotatable bonds is 4. The lowest BCUT2D eigenvalue weighted by Crippen LogP contribution is -2.50. The van der Waals surface area contributed by atoms with Crippen LogP contribution in [0.15, 0.2) is 24.3 Å². The number of carbonyl (C=O) groups excluding carboxylic acids is 2. The third-order valence-electron chi connectivity index (χ3n) is 4.02. The minimum Gasteiger partial charge on any atom is -0.340 e. The van der Waals surface area contributed by atoms with Crippen molar-refractivity contribution in [2.75, 3.05) is 11.4 Å². The summed E-state index contributed by atoms with van der Waals surface area (Å²) in [4.78, 5) is 27.1. The first-order valence-electron chi connectivity index (χ1n) is 7.67. The van der Waals surface area contributed by atoms with Crippen LogP contribution in [0.25, 0.3) is 0 Å². The van der Waals surface area contributed by atoms with Crippen molar-refractivity contribution < 1.29 is 9.59 Å². The molecule has 2 amide bonds. The van der Waals surface area contributed by atoms with Crippen molar-refractivity contribution in [3.05, 3.63) is 29.8 Å². The van der Waals surface area contributed by atoms with Gasteiger partial charge in [-0.15, -0.1) is 0 Å². The highest BCUT2D eigenvalue weighted by Gasteiger charge is 2.36. The Hall–Kier alpha value is -1.84. The average Bonchev–Trinajstić information content (AvgIpc) is 2.57. The van der Waals surface area contributed by atoms with Gasteiger partial charge in [-0.25, -0.2) is 0 Å². The second-order valence-electron chi connectivity index (χ2n) is 6.20. The van der Waals surface area contributed by atoms with Crippen LogP contribution in [0.4, 0.5) is 5.69 Å². The summed E-state index contributed by atoms with van der Waals surface area (Å²) >= 11 is 0. The molecule has 1 aromatic rings. The van der Waals surface area contributed by atoms with Gasteiger partial charge in [0, 0.05) is 6.54 Å². The number of nitrogens with one attached hydrogen (secondary N) is 1. The molecule has 4 heteroatoms. The van der Waals surface area contributed by atoms with Crippen LogP contribution in [0.3, 0.4) is 0 Å². The van der Waals surface area contributed by atoms with Gasteiger partial charge in [-0.1, -0.05) is 46.2 Å². The number of amides is 2. The quantitative estimate of drug-likeness (QED) is 0.926. The van der Waals surface area contributed by atoms with Gasteiger partial charge in [0.25, 0.3) is 5.91 Å². The molecule has 1 aromatic carbocycles. The summed E-state index contributed by atoms with van der Waals surface area (Å²) in [6.45, 7) is 8.82. The first-order chi connectivity index (χ1) is 9.95. The van der Waals surface area contributed by atoms with Crippen molar-refractivity contribution in [3.63, 3.8) is 0 Å². The monoisotopic (exact) mass is 288 g/mol. The maximum absolute atomic E-state index is 12.9. The predicted molar refractivity (Wildman–Crippen MR) is 84.3 cm³/mol. The van der Waals surface area contributed by atoms with E-state index in [1.54, 1.807) is 11.0 Å². The Bertz CT molecular complexity index is 539. The number of carbonyl (C=O) groups is 2. The Kier molecular flexibility index (Phi) is 4.66. The highest BCUT2D eigenvalue weighted by molar-refractivity contribution is 6.11. The molecular formula is C17H24N2O2. The molecule has 4 nitrogen and oxygen atoms in total. The van der Waals surface area contributed by atoms with Crippen LogP contribution in [0.5, 0.6) is 0 Å². The molecule has 1 heterocycles. The number of hydrogen-bond acceptors (Lipinski definition) is 2. The zero-order valence-corrected chi connectivity index (χ0v) is 13.2. The van der Waals surface area contributed by atoms with E-state index in [2.05, 4.69) is 19.2 Å². The summed E-state index contributed by atoms with van der Waals surface area (Å²) in [5.74, 6) is 0.296. The molecule has 1 N–H and O–H groups in total. The number of fused-ring (bicyclic) bond motifs is 1. The first kappa shape index (κ1) is 15.5. The molecule has 0 saturated heterocycles. The van der Waals surface area contributed by atoms with E-state index in [0.29, 0.717) is 18.0 Å². The molecule has 0 radical (unpaired) electrons. The van der Waals surface area contributed by atoms with E-state index >= 15 is 0 Å². The van der Waals surface area contributed by atoms with Crippen molar-refractivity contribution in [1.29, 1.82) is 0 Å². The van der Waals surface area contributed by atoms with Crippen LogP contribution >= 0.6 is 0 Å². The first-order valence-corrected chi connectivity index (χ1v) is 7.67. The van der Waals surface area contributed by atoms with Crippen molar-refractivity contribution in [2.24, 2.45) is 11.8 Å². The zero-order valence-electron chi connectivity index (χ0n) is 13.2. The fraction of sp³-hybridized carbons (Fsp3) is 0.529. The second kappa shape index (κ2) is 6.29. The number of benzene rings is 1. The lowest BCUT2D eigenvalue weighted by molar-refractivity contribution is -0.121. The summed E-state index contributed by atoms with van der Waals surface area (Å²) < 4.78 is 0. The smallest absolute Gasteiger partial charge is 0.254 e. The highest BCUT2D eigenvalue weighted by atomic mass is 16.2. The van der Waals surface area contributed by atoms with Crippen molar-refractivity contribution in [3.8, 4) is 0 Å². The molecular weight excluding hydrogens is 264 g/mol. The summed E-state index contributed by atoms with van der Waals surface area (Å²) in [5.41, 5.74) is 1.30. The largest absolute Gasteiger partial charge is 0.340 e. The number of anilines is 1. The minimum atomic E-state index is -0.450. The molecule has 0 fully saturated rings. The zero-order chi connectivity index (χ0) is 15.6. The Morgan fingerprint density at radius 3 is 2.48 bits per heavy atom. The molecule has 2 unspecified atom stereocenters. The van der Waals surface area contributed by atoms with Gasteiger partial charge in [0.15, 0.2) is 0 Å². The molecule has 0 bridgehead atoms. The Labute approximate surface area is 126 Å². The topological polar surface area (TPSA) is 49.4 Å². The van der Waals surface area contributed by atoms with E-state index < -0.39 is 6.04 Å². The van der Waals surface area contributed by atoms with Gasteiger partial charge >= 0.3 is 0 Å². The molecule has 0 aliphatic carbocycles. The van der Waals surface area contributed by atoms with Crippen molar-refractivity contribution >= 4 is 17.5 Å². The third-order valence-corrected chi connectivity index (χ3v) is 4.02. The van der Waals surface area contributed by atoms with Crippen LogP contribution in [0, 0.1) is 11.8 Å². The fourth-order valence-corrected chi connectivity index (χ4v) is 2.64. The van der Waals surface area contributed by atoms with E-state index in [1.165, 1.54) is 0 Å². The van der Waals surface area contributed by atoms with Gasteiger partial charge in [-0.2, -0.15) is 0 Å². The lowest BCUT2D eigenvalue weighted by atomic mass is 9.97. The SMILES string of the molecule is CCC(C)C1NC(=O)c2ccccc2N(CC(C)C)C1=O. The predicted octanol–water partition coefficient (Wildman–Crippen LogP) is 2.83. The van der Waals surface area contributed by atoms with Crippen LogP contribution in [-0.2, 0) is 4.79 Å². The normalized spacial score (nSPS) is 20.0. The number of hydrogen-bond donors (Lipinski definition) is 1. The Morgan fingerprint density at radius 1 is 1.19 bits per heavy atom. The van der Waals surface area contributed by atoms with Crippen molar-refractivity contribution in [2.45, 2.75) is 40.2 Å². The molecule has 114 valence electrons. The molecule has 0 spiro atoms. The number of nitrogens with zero attached hydrogens (tertiary/aromatic N) is 1. The van der Waals surface area contributed by atoms with E-state index in [9.17, 15) is 9.59 Å². The third kappa shape index (κ3) is 3.09. The fourth-order valence-electron chi connectivity index (χ4n) is 2.64. The van der Waals surface area contributed by atoms with Gasteiger partial charge in [0.2, 0.25) is 5.91 Å². The molecule has 0 aromatic heterocycles. The van der Waals surface area contributed by atoms with E-state index in [4.69, 9.17) is 0 Å². The van der Waals surface area contributed by atoms with E-state index in [0.717, 1.165) is 12.1 Å².